The molecule has 0 aromatic carbocycles. The summed E-state index contributed by atoms with van der Waals surface area (Å²) in [5, 5.41) is 0. The molecule has 2 aromatic rings. The maximum Gasteiger partial charge on any atom is 0.115 e. The minimum atomic E-state index is 0.534. The topological polar surface area (TPSA) is 51.6 Å². The molecule has 0 spiro atoms. The molecule has 0 aliphatic rings. The molecule has 0 atom stereocenters. The molecule has 0 saturated carbocycles. The zero-order valence-corrected chi connectivity index (χ0v) is 10.5. The van der Waals surface area contributed by atoms with E-state index in [4.69, 9.17) is 0 Å². The van der Waals surface area contributed by atoms with Gasteiger partial charge in [-0.1, -0.05) is 20.8 Å². The van der Waals surface area contributed by atoms with Gasteiger partial charge < -0.3 is 0 Å². The van der Waals surface area contributed by atoms with Gasteiger partial charge in [-0.2, -0.15) is 0 Å². The van der Waals surface area contributed by atoms with Gasteiger partial charge in [0.15, 0.2) is 0 Å². The molecule has 4 nitrogen and oxygen atoms in total. The molecule has 90 valence electrons. The van der Waals surface area contributed by atoms with Gasteiger partial charge in [-0.05, 0) is 24.0 Å². The molecule has 0 N–H and O–H groups in total. The molecule has 0 amide bonds. The maximum absolute atomic E-state index is 3.99. The van der Waals surface area contributed by atoms with Gasteiger partial charge in [0.2, 0.25) is 0 Å². The second-order valence-corrected chi connectivity index (χ2v) is 3.88. The second-order valence-electron chi connectivity index (χ2n) is 3.88. The average molecular weight is 230 g/mol. The van der Waals surface area contributed by atoms with Gasteiger partial charge in [0.25, 0.3) is 0 Å². The van der Waals surface area contributed by atoms with Crippen molar-refractivity contribution < 1.29 is 0 Å². The Morgan fingerprint density at radius 2 is 1.76 bits per heavy atom. The highest BCUT2D eigenvalue weighted by molar-refractivity contribution is 5.06. The third-order valence-electron chi connectivity index (χ3n) is 2.25. The fourth-order valence-corrected chi connectivity index (χ4v) is 1.14. The molecular weight excluding hydrogens is 212 g/mol. The van der Waals surface area contributed by atoms with Crippen molar-refractivity contribution in [3.63, 3.8) is 0 Å². The Bertz CT molecular complexity index is 400. The lowest BCUT2D eigenvalue weighted by atomic mass is 10.1. The first-order chi connectivity index (χ1) is 8.24. The number of aromatic nitrogens is 4. The van der Waals surface area contributed by atoms with E-state index in [0.717, 1.165) is 12.1 Å². The van der Waals surface area contributed by atoms with Gasteiger partial charge in [0.05, 0.1) is 0 Å². The molecule has 17 heavy (non-hydrogen) atoms. The minimum Gasteiger partial charge on any atom is -0.245 e. The number of nitrogens with zero attached hydrogens (tertiary/aromatic N) is 4. The molecule has 0 aliphatic carbocycles. The standard InChI is InChI=1S/C7H10N2.C6H8N2/c1-6(2)7-3-8-5-9-4-7;1-2-6-3-4-7-5-8-6/h3-6H,1-2H3;3-5H,2H2,1H3. The van der Waals surface area contributed by atoms with Crippen molar-refractivity contribution in [1.82, 2.24) is 19.9 Å². The Labute approximate surface area is 102 Å². The highest BCUT2D eigenvalue weighted by atomic mass is 14.8. The van der Waals surface area contributed by atoms with E-state index in [-0.39, 0.29) is 0 Å². The summed E-state index contributed by atoms with van der Waals surface area (Å²) in [4.78, 5) is 15.6. The Kier molecular flexibility index (Phi) is 5.79. The van der Waals surface area contributed by atoms with Crippen molar-refractivity contribution in [2.24, 2.45) is 0 Å². The first-order valence-corrected chi connectivity index (χ1v) is 5.73. The molecule has 2 heterocycles. The molecular formula is C13H18N4. The summed E-state index contributed by atoms with van der Waals surface area (Å²) in [5.41, 5.74) is 2.29. The number of hydrogen-bond donors (Lipinski definition) is 0. The van der Waals surface area contributed by atoms with Gasteiger partial charge >= 0.3 is 0 Å². The highest BCUT2D eigenvalue weighted by Crippen LogP contribution is 2.09. The Hall–Kier alpha value is -1.84. The van der Waals surface area contributed by atoms with Crippen LogP contribution in [0.3, 0.4) is 0 Å². The fourth-order valence-electron chi connectivity index (χ4n) is 1.14. The van der Waals surface area contributed by atoms with Crippen LogP contribution in [0.1, 0.15) is 37.9 Å². The lowest BCUT2D eigenvalue weighted by Gasteiger charge is -1.99. The van der Waals surface area contributed by atoms with E-state index in [1.807, 2.05) is 18.5 Å². The molecule has 0 radical (unpaired) electrons. The van der Waals surface area contributed by atoms with Gasteiger partial charge in [0.1, 0.15) is 12.7 Å². The average Bonchev–Trinajstić information content (AvgIpc) is 2.41. The molecule has 0 aliphatic heterocycles. The van der Waals surface area contributed by atoms with Crippen molar-refractivity contribution in [2.45, 2.75) is 33.1 Å². The van der Waals surface area contributed by atoms with Crippen molar-refractivity contribution in [1.29, 1.82) is 0 Å². The largest absolute Gasteiger partial charge is 0.245 e. The summed E-state index contributed by atoms with van der Waals surface area (Å²) in [5.74, 6) is 0.534. The van der Waals surface area contributed by atoms with Crippen LogP contribution >= 0.6 is 0 Å². The van der Waals surface area contributed by atoms with Crippen LogP contribution in [0.4, 0.5) is 0 Å². The number of hydrogen-bond acceptors (Lipinski definition) is 4. The lowest BCUT2D eigenvalue weighted by molar-refractivity contribution is 0.845. The molecule has 0 fully saturated rings. The fraction of sp³-hybridized carbons (Fsp3) is 0.385. The van der Waals surface area contributed by atoms with Crippen LogP contribution < -0.4 is 0 Å². The zero-order chi connectivity index (χ0) is 12.5. The van der Waals surface area contributed by atoms with Crippen LogP contribution in [0.25, 0.3) is 0 Å². The first-order valence-electron chi connectivity index (χ1n) is 5.73. The predicted octanol–water partition coefficient (Wildman–Crippen LogP) is 2.64. The van der Waals surface area contributed by atoms with Gasteiger partial charge in [-0.25, -0.2) is 19.9 Å². The molecule has 2 aromatic heterocycles. The van der Waals surface area contributed by atoms with Gasteiger partial charge in [0, 0.05) is 24.3 Å². The lowest BCUT2D eigenvalue weighted by Crippen LogP contribution is -1.88. The van der Waals surface area contributed by atoms with Gasteiger partial charge in [-0.15, -0.1) is 0 Å². The van der Waals surface area contributed by atoms with E-state index >= 15 is 0 Å². The van der Waals surface area contributed by atoms with Crippen LogP contribution in [0, 0.1) is 0 Å². The minimum absolute atomic E-state index is 0.534. The van der Waals surface area contributed by atoms with Crippen molar-refractivity contribution in [3.05, 3.63) is 48.6 Å². The van der Waals surface area contributed by atoms with Crippen LogP contribution in [0.5, 0.6) is 0 Å². The monoisotopic (exact) mass is 230 g/mol. The van der Waals surface area contributed by atoms with E-state index < -0.39 is 0 Å². The van der Waals surface area contributed by atoms with Crippen molar-refractivity contribution >= 4 is 0 Å². The van der Waals surface area contributed by atoms with E-state index in [9.17, 15) is 0 Å². The summed E-state index contributed by atoms with van der Waals surface area (Å²) < 4.78 is 0. The predicted molar refractivity (Wildman–Crippen MR) is 67.5 cm³/mol. The van der Waals surface area contributed by atoms with Crippen molar-refractivity contribution in [2.75, 3.05) is 0 Å². The summed E-state index contributed by atoms with van der Waals surface area (Å²) >= 11 is 0. The maximum atomic E-state index is 3.99. The van der Waals surface area contributed by atoms with Crippen LogP contribution in [-0.4, -0.2) is 19.9 Å². The van der Waals surface area contributed by atoms with E-state index in [2.05, 4.69) is 40.7 Å². The Balaban J connectivity index is 0.000000171. The van der Waals surface area contributed by atoms with E-state index in [0.29, 0.717) is 5.92 Å². The first kappa shape index (κ1) is 13.2. The van der Waals surface area contributed by atoms with Crippen LogP contribution in [0.15, 0.2) is 37.3 Å². The highest BCUT2D eigenvalue weighted by Gasteiger charge is 1.95. The third-order valence-corrected chi connectivity index (χ3v) is 2.25. The summed E-state index contributed by atoms with van der Waals surface area (Å²) in [6.07, 6.45) is 9.55. The SMILES string of the molecule is CC(C)c1cncnc1.CCc1ccncn1. The molecule has 0 saturated heterocycles. The Morgan fingerprint density at radius 1 is 1.06 bits per heavy atom. The van der Waals surface area contributed by atoms with Gasteiger partial charge in [-0.3, -0.25) is 0 Å². The van der Waals surface area contributed by atoms with Crippen LogP contribution in [0.2, 0.25) is 0 Å². The smallest absolute Gasteiger partial charge is 0.115 e. The summed E-state index contributed by atoms with van der Waals surface area (Å²) in [7, 11) is 0. The second kappa shape index (κ2) is 7.44. The van der Waals surface area contributed by atoms with Crippen LogP contribution in [-0.2, 0) is 6.42 Å². The quantitative estimate of drug-likeness (QED) is 0.795. The normalized spacial score (nSPS) is 9.65. The summed E-state index contributed by atoms with van der Waals surface area (Å²) in [6.45, 7) is 6.32. The molecule has 4 heteroatoms. The molecule has 0 bridgehead atoms. The molecule has 0 unspecified atom stereocenters. The molecule has 2 rings (SSSR count). The van der Waals surface area contributed by atoms with Crippen molar-refractivity contribution in [3.8, 4) is 0 Å². The number of rotatable bonds is 2. The van der Waals surface area contributed by atoms with E-state index in [1.54, 1.807) is 18.9 Å². The third kappa shape index (κ3) is 5.15. The summed E-state index contributed by atoms with van der Waals surface area (Å²) in [6, 6.07) is 1.92. The zero-order valence-electron chi connectivity index (χ0n) is 10.5. The van der Waals surface area contributed by atoms with E-state index in [1.165, 1.54) is 5.56 Å². The Morgan fingerprint density at radius 3 is 2.12 bits per heavy atom. The number of aryl methyl sites for hydroxylation is 1.